The van der Waals surface area contributed by atoms with Crippen LogP contribution < -0.4 is 0 Å². The van der Waals surface area contributed by atoms with E-state index in [1.807, 2.05) is 18.2 Å². The molecule has 0 aromatic heterocycles. The maximum atomic E-state index is 12.7. The molecule has 2 nitrogen and oxygen atoms in total. The number of carbonyl (C=O) groups is 2. The summed E-state index contributed by atoms with van der Waals surface area (Å²) in [5.74, 6) is 0.428. The summed E-state index contributed by atoms with van der Waals surface area (Å²) in [7, 11) is 0. The maximum Gasteiger partial charge on any atom is 0.167 e. The third-order valence-electron chi connectivity index (χ3n) is 4.60. The zero-order valence-electron chi connectivity index (χ0n) is 11.0. The monoisotopic (exact) mass is 254 g/mol. The first kappa shape index (κ1) is 12.3. The van der Waals surface area contributed by atoms with Gasteiger partial charge in [-0.1, -0.05) is 36.8 Å². The largest absolute Gasteiger partial charge is 0.294 e. The van der Waals surface area contributed by atoms with Crippen molar-refractivity contribution in [2.75, 3.05) is 0 Å². The van der Waals surface area contributed by atoms with Gasteiger partial charge in [-0.15, -0.1) is 6.58 Å². The van der Waals surface area contributed by atoms with Gasteiger partial charge in [0.25, 0.3) is 0 Å². The Bertz CT molecular complexity index is 544. The molecule has 2 heteroatoms. The summed E-state index contributed by atoms with van der Waals surface area (Å²) in [6.07, 6.45) is 5.65. The van der Waals surface area contributed by atoms with E-state index in [0.29, 0.717) is 17.0 Å². The maximum absolute atomic E-state index is 12.7. The molecule has 1 aromatic carbocycles. The number of ketones is 2. The van der Waals surface area contributed by atoms with Crippen molar-refractivity contribution in [2.45, 2.75) is 25.7 Å². The van der Waals surface area contributed by atoms with E-state index in [2.05, 4.69) is 6.58 Å². The minimum Gasteiger partial charge on any atom is -0.294 e. The molecular weight excluding hydrogens is 236 g/mol. The summed E-state index contributed by atoms with van der Waals surface area (Å²) in [5.41, 5.74) is 1.26. The Morgan fingerprint density at radius 1 is 1.11 bits per heavy atom. The highest BCUT2D eigenvalue weighted by Crippen LogP contribution is 2.44. The Hall–Kier alpha value is -1.70. The van der Waals surface area contributed by atoms with Crippen LogP contribution in [-0.4, -0.2) is 11.6 Å². The van der Waals surface area contributed by atoms with Gasteiger partial charge in [0, 0.05) is 23.0 Å². The van der Waals surface area contributed by atoms with E-state index in [0.717, 1.165) is 25.7 Å². The van der Waals surface area contributed by atoms with Gasteiger partial charge >= 0.3 is 0 Å². The second-order valence-electron chi connectivity index (χ2n) is 5.62. The van der Waals surface area contributed by atoms with E-state index in [1.54, 1.807) is 12.1 Å². The number of hydrogen-bond donors (Lipinski definition) is 0. The summed E-state index contributed by atoms with van der Waals surface area (Å²) < 4.78 is 0. The molecule has 3 atom stereocenters. The Kier molecular flexibility index (Phi) is 3.09. The first-order chi connectivity index (χ1) is 9.24. The summed E-state index contributed by atoms with van der Waals surface area (Å²) in [4.78, 5) is 25.3. The minimum absolute atomic E-state index is 0.0962. The molecule has 1 fully saturated rings. The molecule has 2 aliphatic rings. The molecule has 0 heterocycles. The van der Waals surface area contributed by atoms with Gasteiger partial charge in [-0.2, -0.15) is 0 Å². The van der Waals surface area contributed by atoms with Gasteiger partial charge in [-0.25, -0.2) is 0 Å². The molecule has 0 aliphatic heterocycles. The second-order valence-corrected chi connectivity index (χ2v) is 5.62. The fourth-order valence-corrected chi connectivity index (χ4v) is 3.75. The van der Waals surface area contributed by atoms with Crippen LogP contribution in [0.4, 0.5) is 0 Å². The van der Waals surface area contributed by atoms with Crippen molar-refractivity contribution in [1.82, 2.24) is 0 Å². The summed E-state index contributed by atoms with van der Waals surface area (Å²) in [5, 5.41) is 0. The van der Waals surface area contributed by atoms with Crippen molar-refractivity contribution in [1.29, 1.82) is 0 Å². The fraction of sp³-hybridized carbons (Fsp3) is 0.412. The fourth-order valence-electron chi connectivity index (χ4n) is 3.75. The van der Waals surface area contributed by atoms with Crippen molar-refractivity contribution in [3.8, 4) is 0 Å². The van der Waals surface area contributed by atoms with Gasteiger partial charge < -0.3 is 0 Å². The molecular formula is C17H18O2. The van der Waals surface area contributed by atoms with Gasteiger partial charge in [0.2, 0.25) is 0 Å². The average Bonchev–Trinajstić information content (AvgIpc) is 2.45. The van der Waals surface area contributed by atoms with Crippen LogP contribution in [0.3, 0.4) is 0 Å². The van der Waals surface area contributed by atoms with Crippen LogP contribution in [0.5, 0.6) is 0 Å². The molecule has 3 rings (SSSR count). The topological polar surface area (TPSA) is 34.1 Å². The zero-order chi connectivity index (χ0) is 13.4. The molecule has 0 saturated heterocycles. The highest BCUT2D eigenvalue weighted by molar-refractivity contribution is 6.16. The lowest BCUT2D eigenvalue weighted by Crippen LogP contribution is -2.43. The highest BCUT2D eigenvalue weighted by Gasteiger charge is 2.46. The zero-order valence-corrected chi connectivity index (χ0v) is 11.0. The predicted octanol–water partition coefficient (Wildman–Crippen LogP) is 3.67. The lowest BCUT2D eigenvalue weighted by atomic mass is 9.62. The average molecular weight is 254 g/mol. The molecule has 1 saturated carbocycles. The molecule has 0 N–H and O–H groups in total. The van der Waals surface area contributed by atoms with Crippen LogP contribution in [-0.2, 0) is 0 Å². The van der Waals surface area contributed by atoms with Crippen LogP contribution in [0.2, 0.25) is 0 Å². The minimum atomic E-state index is -0.117. The smallest absolute Gasteiger partial charge is 0.167 e. The number of hydrogen-bond acceptors (Lipinski definition) is 2. The van der Waals surface area contributed by atoms with Crippen LogP contribution in [0, 0.1) is 17.8 Å². The molecule has 98 valence electrons. The summed E-state index contributed by atoms with van der Waals surface area (Å²) in [6, 6.07) is 7.28. The van der Waals surface area contributed by atoms with Gasteiger partial charge in [0.1, 0.15) is 0 Å². The van der Waals surface area contributed by atoms with E-state index in [4.69, 9.17) is 0 Å². The van der Waals surface area contributed by atoms with Crippen LogP contribution in [0.25, 0.3) is 0 Å². The van der Waals surface area contributed by atoms with E-state index >= 15 is 0 Å². The van der Waals surface area contributed by atoms with Gasteiger partial charge in [-0.3, -0.25) is 9.59 Å². The molecule has 2 aliphatic carbocycles. The number of fused-ring (bicyclic) bond motifs is 2. The Balaban J connectivity index is 2.06. The molecule has 0 radical (unpaired) electrons. The SMILES string of the molecule is C=CCC1CCCC2C(=O)c3ccccc3C(=O)C12. The van der Waals surface area contributed by atoms with Gasteiger partial charge in [-0.05, 0) is 25.2 Å². The number of rotatable bonds is 2. The van der Waals surface area contributed by atoms with Crippen LogP contribution in [0.15, 0.2) is 36.9 Å². The molecule has 3 unspecified atom stereocenters. The van der Waals surface area contributed by atoms with Gasteiger partial charge in [0.05, 0.1) is 0 Å². The van der Waals surface area contributed by atoms with Crippen LogP contribution >= 0.6 is 0 Å². The molecule has 1 aromatic rings. The Labute approximate surface area is 113 Å². The first-order valence-corrected chi connectivity index (χ1v) is 7.02. The van der Waals surface area contributed by atoms with E-state index in [-0.39, 0.29) is 23.4 Å². The third-order valence-corrected chi connectivity index (χ3v) is 4.60. The van der Waals surface area contributed by atoms with E-state index in [1.165, 1.54) is 0 Å². The van der Waals surface area contributed by atoms with Crippen molar-refractivity contribution < 1.29 is 9.59 Å². The second kappa shape index (κ2) is 4.76. The Morgan fingerprint density at radius 3 is 2.47 bits per heavy atom. The molecule has 0 spiro atoms. The van der Waals surface area contributed by atoms with Crippen molar-refractivity contribution >= 4 is 11.6 Å². The molecule has 0 bridgehead atoms. The standard InChI is InChI=1S/C17H18O2/c1-2-6-11-7-5-10-14-15(11)17(19)13-9-4-3-8-12(13)16(14)18/h2-4,8-9,11,14-15H,1,5-7,10H2. The van der Waals surface area contributed by atoms with Gasteiger partial charge in [0.15, 0.2) is 11.6 Å². The predicted molar refractivity (Wildman–Crippen MR) is 74.2 cm³/mol. The van der Waals surface area contributed by atoms with Crippen LogP contribution in [0.1, 0.15) is 46.4 Å². The lowest BCUT2D eigenvalue weighted by Gasteiger charge is -2.39. The quantitative estimate of drug-likeness (QED) is 0.754. The number of benzene rings is 1. The normalized spacial score (nSPS) is 29.6. The number of allylic oxidation sites excluding steroid dienone is 1. The summed E-state index contributed by atoms with van der Waals surface area (Å²) in [6.45, 7) is 3.78. The Morgan fingerprint density at radius 2 is 1.79 bits per heavy atom. The van der Waals surface area contributed by atoms with Crippen molar-refractivity contribution in [3.05, 3.63) is 48.0 Å². The first-order valence-electron chi connectivity index (χ1n) is 7.02. The summed E-state index contributed by atoms with van der Waals surface area (Å²) >= 11 is 0. The molecule has 0 amide bonds. The molecule has 19 heavy (non-hydrogen) atoms. The number of carbonyl (C=O) groups excluding carboxylic acids is 2. The van der Waals surface area contributed by atoms with Crippen molar-refractivity contribution in [2.24, 2.45) is 17.8 Å². The van der Waals surface area contributed by atoms with Crippen molar-refractivity contribution in [3.63, 3.8) is 0 Å². The van der Waals surface area contributed by atoms with E-state index in [9.17, 15) is 9.59 Å². The van der Waals surface area contributed by atoms with E-state index < -0.39 is 0 Å². The third kappa shape index (κ3) is 1.86. The lowest BCUT2D eigenvalue weighted by molar-refractivity contribution is 0.0581. The number of Topliss-reactive ketones (excluding diaryl/α,β-unsaturated/α-hetero) is 2. The highest BCUT2D eigenvalue weighted by atomic mass is 16.1.